The molecule has 2 unspecified atom stereocenters. The van der Waals surface area contributed by atoms with E-state index in [-0.39, 0.29) is 12.1 Å². The SMILES string of the molecule is COc1cc(C)c(C(C(C)N)N(C)C)cc1C(C)C. The Bertz CT molecular complexity index is 417. The third-order valence-electron chi connectivity index (χ3n) is 3.61. The standard InChI is InChI=1S/C16H28N2O/c1-10(2)13-9-14(11(3)8-15(13)19-7)16(12(4)17)18(5)6/h8-10,12,16H,17H2,1-7H3. The lowest BCUT2D eigenvalue weighted by atomic mass is 9.90. The normalized spacial score (nSPS) is 14.8. The maximum atomic E-state index is 6.16. The Morgan fingerprint density at radius 3 is 2.05 bits per heavy atom. The van der Waals surface area contributed by atoms with Crippen molar-refractivity contribution in [2.24, 2.45) is 5.73 Å². The van der Waals surface area contributed by atoms with Crippen molar-refractivity contribution >= 4 is 0 Å². The molecule has 0 aliphatic rings. The number of hydrogen-bond donors (Lipinski definition) is 1. The molecule has 0 amide bonds. The van der Waals surface area contributed by atoms with E-state index < -0.39 is 0 Å². The second-order valence-corrected chi connectivity index (χ2v) is 5.87. The molecule has 2 N–H and O–H groups in total. The Hall–Kier alpha value is -1.06. The van der Waals surface area contributed by atoms with Crippen LogP contribution in [0.2, 0.25) is 0 Å². The van der Waals surface area contributed by atoms with Crippen LogP contribution in [0.15, 0.2) is 12.1 Å². The van der Waals surface area contributed by atoms with Gasteiger partial charge in [0.15, 0.2) is 0 Å². The van der Waals surface area contributed by atoms with Crippen molar-refractivity contribution in [2.45, 2.75) is 45.7 Å². The topological polar surface area (TPSA) is 38.5 Å². The highest BCUT2D eigenvalue weighted by Crippen LogP contribution is 2.34. The van der Waals surface area contributed by atoms with Crippen LogP contribution in [-0.2, 0) is 0 Å². The summed E-state index contributed by atoms with van der Waals surface area (Å²) in [6, 6.07) is 4.70. The summed E-state index contributed by atoms with van der Waals surface area (Å²) in [5.41, 5.74) is 9.94. The summed E-state index contributed by atoms with van der Waals surface area (Å²) in [7, 11) is 5.88. The smallest absolute Gasteiger partial charge is 0.122 e. The minimum atomic E-state index is 0.0853. The predicted molar refractivity (Wildman–Crippen MR) is 81.9 cm³/mol. The molecule has 0 saturated heterocycles. The first-order chi connectivity index (χ1) is 8.79. The molecule has 0 fully saturated rings. The predicted octanol–water partition coefficient (Wildman–Crippen LogP) is 3.08. The highest BCUT2D eigenvalue weighted by Gasteiger charge is 2.22. The molecule has 1 aromatic carbocycles. The Balaban J connectivity index is 3.38. The van der Waals surface area contributed by atoms with E-state index in [4.69, 9.17) is 10.5 Å². The van der Waals surface area contributed by atoms with Crippen molar-refractivity contribution in [2.75, 3.05) is 21.2 Å². The average Bonchev–Trinajstić information content (AvgIpc) is 2.29. The summed E-state index contributed by atoms with van der Waals surface area (Å²) in [6.07, 6.45) is 0. The van der Waals surface area contributed by atoms with E-state index in [1.165, 1.54) is 16.7 Å². The first kappa shape index (κ1) is 16.0. The van der Waals surface area contributed by atoms with Crippen LogP contribution in [0.25, 0.3) is 0 Å². The Kier molecular flexibility index (Phi) is 5.39. The summed E-state index contributed by atoms with van der Waals surface area (Å²) in [5, 5.41) is 0. The number of nitrogens with zero attached hydrogens (tertiary/aromatic N) is 1. The van der Waals surface area contributed by atoms with Crippen molar-refractivity contribution in [3.8, 4) is 5.75 Å². The van der Waals surface area contributed by atoms with Crippen LogP contribution < -0.4 is 10.5 Å². The van der Waals surface area contributed by atoms with E-state index in [9.17, 15) is 0 Å². The zero-order valence-electron chi connectivity index (χ0n) is 13.3. The number of ether oxygens (including phenoxy) is 1. The van der Waals surface area contributed by atoms with Gasteiger partial charge in [-0.3, -0.25) is 0 Å². The van der Waals surface area contributed by atoms with Gasteiger partial charge in [-0.25, -0.2) is 0 Å². The van der Waals surface area contributed by atoms with Gasteiger partial charge in [0.05, 0.1) is 7.11 Å². The Morgan fingerprint density at radius 1 is 1.11 bits per heavy atom. The van der Waals surface area contributed by atoms with Crippen LogP contribution in [0, 0.1) is 6.92 Å². The number of methoxy groups -OCH3 is 1. The van der Waals surface area contributed by atoms with Gasteiger partial charge in [0.25, 0.3) is 0 Å². The van der Waals surface area contributed by atoms with Gasteiger partial charge in [-0.15, -0.1) is 0 Å². The summed E-state index contributed by atoms with van der Waals surface area (Å²) in [5.74, 6) is 1.41. The largest absolute Gasteiger partial charge is 0.496 e. The quantitative estimate of drug-likeness (QED) is 0.888. The fraction of sp³-hybridized carbons (Fsp3) is 0.625. The highest BCUT2D eigenvalue weighted by molar-refractivity contribution is 5.45. The monoisotopic (exact) mass is 264 g/mol. The highest BCUT2D eigenvalue weighted by atomic mass is 16.5. The zero-order chi connectivity index (χ0) is 14.7. The fourth-order valence-electron chi connectivity index (χ4n) is 2.69. The van der Waals surface area contributed by atoms with Crippen LogP contribution >= 0.6 is 0 Å². The molecule has 3 heteroatoms. The van der Waals surface area contributed by atoms with Crippen LogP contribution in [0.1, 0.15) is 49.4 Å². The summed E-state index contributed by atoms with van der Waals surface area (Å²) < 4.78 is 5.50. The van der Waals surface area contributed by atoms with E-state index >= 15 is 0 Å². The van der Waals surface area contributed by atoms with Gasteiger partial charge in [-0.2, -0.15) is 0 Å². The van der Waals surface area contributed by atoms with Gasteiger partial charge in [-0.1, -0.05) is 13.8 Å². The van der Waals surface area contributed by atoms with E-state index in [0.717, 1.165) is 5.75 Å². The number of nitrogens with two attached hydrogens (primary N) is 1. The number of rotatable bonds is 5. The van der Waals surface area contributed by atoms with Crippen LogP contribution in [0.5, 0.6) is 5.75 Å². The molecule has 1 aromatic rings. The molecule has 108 valence electrons. The molecule has 3 nitrogen and oxygen atoms in total. The molecule has 0 spiro atoms. The molecule has 19 heavy (non-hydrogen) atoms. The molecule has 1 rings (SSSR count). The summed E-state index contributed by atoms with van der Waals surface area (Å²) in [4.78, 5) is 2.18. The van der Waals surface area contributed by atoms with Crippen molar-refractivity contribution < 1.29 is 4.74 Å². The van der Waals surface area contributed by atoms with Gasteiger partial charge in [0, 0.05) is 12.1 Å². The Morgan fingerprint density at radius 2 is 1.68 bits per heavy atom. The molecule has 0 saturated carbocycles. The molecule has 0 radical (unpaired) electrons. The second-order valence-electron chi connectivity index (χ2n) is 5.87. The first-order valence-corrected chi connectivity index (χ1v) is 6.90. The first-order valence-electron chi connectivity index (χ1n) is 6.90. The minimum absolute atomic E-state index is 0.0853. The van der Waals surface area contributed by atoms with Gasteiger partial charge < -0.3 is 15.4 Å². The van der Waals surface area contributed by atoms with Gasteiger partial charge in [0.2, 0.25) is 0 Å². The van der Waals surface area contributed by atoms with Gasteiger partial charge >= 0.3 is 0 Å². The molecule has 0 aliphatic carbocycles. The van der Waals surface area contributed by atoms with Crippen molar-refractivity contribution in [3.63, 3.8) is 0 Å². The van der Waals surface area contributed by atoms with Gasteiger partial charge in [0.1, 0.15) is 5.75 Å². The van der Waals surface area contributed by atoms with Crippen molar-refractivity contribution in [1.29, 1.82) is 0 Å². The molecule has 0 heterocycles. The lowest BCUT2D eigenvalue weighted by molar-refractivity contribution is 0.265. The molecular formula is C16H28N2O. The molecule has 2 atom stereocenters. The maximum absolute atomic E-state index is 6.16. The van der Waals surface area contributed by atoms with Gasteiger partial charge in [-0.05, 0) is 62.7 Å². The zero-order valence-corrected chi connectivity index (χ0v) is 13.3. The average molecular weight is 264 g/mol. The second kappa shape index (κ2) is 6.40. The lowest BCUT2D eigenvalue weighted by Crippen LogP contribution is -2.35. The molecule has 0 aromatic heterocycles. The Labute approximate surface area is 117 Å². The fourth-order valence-corrected chi connectivity index (χ4v) is 2.69. The van der Waals surface area contributed by atoms with E-state index in [2.05, 4.69) is 58.8 Å². The van der Waals surface area contributed by atoms with Crippen LogP contribution in [0.4, 0.5) is 0 Å². The molecule has 0 bridgehead atoms. The van der Waals surface area contributed by atoms with E-state index in [1.54, 1.807) is 7.11 Å². The summed E-state index contributed by atoms with van der Waals surface area (Å²) in [6.45, 7) is 8.56. The number of likely N-dealkylation sites (N-methyl/N-ethyl adjacent to an activating group) is 1. The summed E-state index contributed by atoms with van der Waals surface area (Å²) >= 11 is 0. The third kappa shape index (κ3) is 3.48. The van der Waals surface area contributed by atoms with Crippen LogP contribution in [0.3, 0.4) is 0 Å². The van der Waals surface area contributed by atoms with E-state index in [0.29, 0.717) is 5.92 Å². The van der Waals surface area contributed by atoms with E-state index in [1.807, 2.05) is 0 Å². The minimum Gasteiger partial charge on any atom is -0.496 e. The number of hydrogen-bond acceptors (Lipinski definition) is 3. The van der Waals surface area contributed by atoms with Crippen molar-refractivity contribution in [1.82, 2.24) is 4.90 Å². The lowest BCUT2D eigenvalue weighted by Gasteiger charge is -2.30. The van der Waals surface area contributed by atoms with Crippen LogP contribution in [-0.4, -0.2) is 32.1 Å². The number of benzene rings is 1. The number of aryl methyl sites for hydroxylation is 1. The maximum Gasteiger partial charge on any atom is 0.122 e. The van der Waals surface area contributed by atoms with Crippen molar-refractivity contribution in [3.05, 3.63) is 28.8 Å². The molecule has 0 aliphatic heterocycles. The third-order valence-corrected chi connectivity index (χ3v) is 3.61. The molecular weight excluding hydrogens is 236 g/mol.